The van der Waals surface area contributed by atoms with Gasteiger partial charge < -0.3 is 9.84 Å². The highest BCUT2D eigenvalue weighted by Crippen LogP contribution is 2.26. The van der Waals surface area contributed by atoms with E-state index in [1.54, 1.807) is 31.2 Å². The van der Waals surface area contributed by atoms with Crippen LogP contribution in [0.2, 0.25) is 0 Å². The number of amides is 1. The van der Waals surface area contributed by atoms with Crippen molar-refractivity contribution in [2.45, 2.75) is 13.8 Å². The standard InChI is InChI=1S/C19H16N2O3/c1-12(22)15-9-6-10-16(11-15)20-19(23)17-13(2)24-21-18(17)14-7-4-3-5-8-14/h3-11H,1-2H3,(H,20,23). The topological polar surface area (TPSA) is 72.2 Å². The number of carbonyl (C=O) groups is 2. The minimum atomic E-state index is -0.326. The van der Waals surface area contributed by atoms with Gasteiger partial charge in [0, 0.05) is 16.8 Å². The minimum Gasteiger partial charge on any atom is -0.360 e. The van der Waals surface area contributed by atoms with E-state index in [1.807, 2.05) is 30.3 Å². The highest BCUT2D eigenvalue weighted by molar-refractivity contribution is 6.09. The van der Waals surface area contributed by atoms with Gasteiger partial charge >= 0.3 is 0 Å². The van der Waals surface area contributed by atoms with Gasteiger partial charge in [0.2, 0.25) is 0 Å². The van der Waals surface area contributed by atoms with E-state index in [4.69, 9.17) is 4.52 Å². The van der Waals surface area contributed by atoms with Gasteiger partial charge in [-0.1, -0.05) is 47.6 Å². The second kappa shape index (κ2) is 6.50. The maximum Gasteiger partial charge on any atom is 0.261 e. The van der Waals surface area contributed by atoms with Crippen LogP contribution in [0.1, 0.15) is 33.4 Å². The van der Waals surface area contributed by atoms with Crippen molar-refractivity contribution >= 4 is 17.4 Å². The highest BCUT2D eigenvalue weighted by atomic mass is 16.5. The molecular formula is C19H16N2O3. The molecule has 0 bridgehead atoms. The first-order valence-electron chi connectivity index (χ1n) is 7.50. The van der Waals surface area contributed by atoms with Gasteiger partial charge in [0.15, 0.2) is 5.78 Å². The number of benzene rings is 2. The van der Waals surface area contributed by atoms with Crippen molar-refractivity contribution in [3.8, 4) is 11.3 Å². The molecule has 1 heterocycles. The number of hydrogen-bond donors (Lipinski definition) is 1. The summed E-state index contributed by atoms with van der Waals surface area (Å²) in [7, 11) is 0. The fourth-order valence-corrected chi connectivity index (χ4v) is 2.44. The number of Topliss-reactive ketones (excluding diaryl/α,β-unsaturated/α-hetero) is 1. The Hall–Kier alpha value is -3.21. The van der Waals surface area contributed by atoms with Gasteiger partial charge in [-0.15, -0.1) is 0 Å². The third kappa shape index (κ3) is 3.10. The summed E-state index contributed by atoms with van der Waals surface area (Å²) in [4.78, 5) is 24.1. The van der Waals surface area contributed by atoms with E-state index in [9.17, 15) is 9.59 Å². The summed E-state index contributed by atoms with van der Waals surface area (Å²) in [6.07, 6.45) is 0. The lowest BCUT2D eigenvalue weighted by molar-refractivity contribution is 0.101. The molecule has 0 radical (unpaired) electrons. The molecule has 1 amide bonds. The third-order valence-electron chi connectivity index (χ3n) is 3.66. The van der Waals surface area contributed by atoms with Gasteiger partial charge in [-0.3, -0.25) is 9.59 Å². The number of ketones is 1. The summed E-state index contributed by atoms with van der Waals surface area (Å²) >= 11 is 0. The number of aryl methyl sites for hydroxylation is 1. The summed E-state index contributed by atoms with van der Waals surface area (Å²) in [6.45, 7) is 3.18. The Morgan fingerprint density at radius 3 is 2.50 bits per heavy atom. The van der Waals surface area contributed by atoms with Crippen LogP contribution in [0.5, 0.6) is 0 Å². The van der Waals surface area contributed by atoms with Gasteiger partial charge in [0.25, 0.3) is 5.91 Å². The molecule has 1 N–H and O–H groups in total. The van der Waals surface area contributed by atoms with Crippen molar-refractivity contribution in [3.63, 3.8) is 0 Å². The van der Waals surface area contributed by atoms with Crippen molar-refractivity contribution in [2.24, 2.45) is 0 Å². The summed E-state index contributed by atoms with van der Waals surface area (Å²) < 4.78 is 5.21. The second-order valence-electron chi connectivity index (χ2n) is 5.42. The fraction of sp³-hybridized carbons (Fsp3) is 0.105. The normalized spacial score (nSPS) is 10.4. The van der Waals surface area contributed by atoms with Crippen molar-refractivity contribution in [2.75, 3.05) is 5.32 Å². The van der Waals surface area contributed by atoms with Gasteiger partial charge in [0.05, 0.1) is 0 Å². The van der Waals surface area contributed by atoms with Crippen molar-refractivity contribution in [3.05, 3.63) is 71.5 Å². The predicted octanol–water partition coefficient (Wildman–Crippen LogP) is 4.10. The van der Waals surface area contributed by atoms with Gasteiger partial charge in [-0.2, -0.15) is 0 Å². The van der Waals surface area contributed by atoms with Crippen LogP contribution in [-0.4, -0.2) is 16.8 Å². The number of rotatable bonds is 4. The molecule has 3 aromatic rings. The van der Waals surface area contributed by atoms with Crippen LogP contribution in [0.15, 0.2) is 59.1 Å². The lowest BCUT2D eigenvalue weighted by Crippen LogP contribution is -2.13. The molecule has 0 aliphatic carbocycles. The Morgan fingerprint density at radius 1 is 1.04 bits per heavy atom. The Morgan fingerprint density at radius 2 is 1.79 bits per heavy atom. The lowest BCUT2D eigenvalue weighted by Gasteiger charge is -2.07. The Balaban J connectivity index is 1.93. The summed E-state index contributed by atoms with van der Waals surface area (Å²) in [6, 6.07) is 16.2. The molecule has 3 rings (SSSR count). The largest absolute Gasteiger partial charge is 0.360 e. The molecule has 0 aliphatic heterocycles. The smallest absolute Gasteiger partial charge is 0.261 e. The molecule has 0 spiro atoms. The summed E-state index contributed by atoms with van der Waals surface area (Å²) in [5, 5.41) is 6.80. The third-order valence-corrected chi connectivity index (χ3v) is 3.66. The molecule has 0 saturated heterocycles. The average molecular weight is 320 g/mol. The first kappa shape index (κ1) is 15.7. The van der Waals surface area contributed by atoms with Crippen LogP contribution in [0, 0.1) is 6.92 Å². The van der Waals surface area contributed by atoms with E-state index in [0.717, 1.165) is 5.56 Å². The zero-order valence-corrected chi connectivity index (χ0v) is 13.4. The molecule has 0 unspecified atom stereocenters. The predicted molar refractivity (Wildman–Crippen MR) is 91.1 cm³/mol. The second-order valence-corrected chi connectivity index (χ2v) is 5.42. The summed E-state index contributed by atoms with van der Waals surface area (Å²) in [5.41, 5.74) is 2.77. The number of carbonyl (C=O) groups excluding carboxylic acids is 2. The number of nitrogens with zero attached hydrogens (tertiary/aromatic N) is 1. The van der Waals surface area contributed by atoms with E-state index in [0.29, 0.717) is 28.3 Å². The molecular weight excluding hydrogens is 304 g/mol. The highest BCUT2D eigenvalue weighted by Gasteiger charge is 2.21. The number of hydrogen-bond acceptors (Lipinski definition) is 4. The molecule has 0 saturated carbocycles. The maximum absolute atomic E-state index is 12.7. The molecule has 1 aromatic heterocycles. The van der Waals surface area contributed by atoms with Gasteiger partial charge in [-0.25, -0.2) is 0 Å². The molecule has 0 atom stereocenters. The zero-order chi connectivity index (χ0) is 17.1. The van der Waals surface area contributed by atoms with Gasteiger partial charge in [-0.05, 0) is 26.0 Å². The van der Waals surface area contributed by atoms with Crippen LogP contribution in [-0.2, 0) is 0 Å². The van der Waals surface area contributed by atoms with Crippen LogP contribution in [0.25, 0.3) is 11.3 Å². The molecule has 0 fully saturated rings. The average Bonchev–Trinajstić information content (AvgIpc) is 2.97. The molecule has 2 aromatic carbocycles. The Labute approximate surface area is 139 Å². The Kier molecular flexibility index (Phi) is 4.24. The van der Waals surface area contributed by atoms with Crippen LogP contribution in [0.4, 0.5) is 5.69 Å². The first-order valence-corrected chi connectivity index (χ1v) is 7.50. The summed E-state index contributed by atoms with van der Waals surface area (Å²) in [5.74, 6) is 0.0552. The number of aromatic nitrogens is 1. The molecule has 120 valence electrons. The molecule has 5 heteroatoms. The molecule has 5 nitrogen and oxygen atoms in total. The van der Waals surface area contributed by atoms with Crippen molar-refractivity contribution < 1.29 is 14.1 Å². The van der Waals surface area contributed by atoms with Crippen LogP contribution < -0.4 is 5.32 Å². The van der Waals surface area contributed by atoms with Crippen LogP contribution >= 0.6 is 0 Å². The quantitative estimate of drug-likeness (QED) is 0.734. The molecule has 0 aliphatic rings. The number of nitrogens with one attached hydrogen (secondary N) is 1. The van der Waals surface area contributed by atoms with E-state index in [-0.39, 0.29) is 11.7 Å². The lowest BCUT2D eigenvalue weighted by atomic mass is 10.1. The van der Waals surface area contributed by atoms with E-state index in [2.05, 4.69) is 10.5 Å². The fourth-order valence-electron chi connectivity index (χ4n) is 2.44. The monoisotopic (exact) mass is 320 g/mol. The van der Waals surface area contributed by atoms with Gasteiger partial charge in [0.1, 0.15) is 17.0 Å². The number of anilines is 1. The first-order chi connectivity index (χ1) is 11.6. The van der Waals surface area contributed by atoms with E-state index in [1.165, 1.54) is 6.92 Å². The zero-order valence-electron chi connectivity index (χ0n) is 13.4. The van der Waals surface area contributed by atoms with Crippen molar-refractivity contribution in [1.82, 2.24) is 5.16 Å². The van der Waals surface area contributed by atoms with E-state index < -0.39 is 0 Å². The van der Waals surface area contributed by atoms with E-state index >= 15 is 0 Å². The minimum absolute atomic E-state index is 0.0581. The maximum atomic E-state index is 12.7. The van der Waals surface area contributed by atoms with Crippen molar-refractivity contribution in [1.29, 1.82) is 0 Å². The Bertz CT molecular complexity index is 898. The van der Waals surface area contributed by atoms with Crippen LogP contribution in [0.3, 0.4) is 0 Å². The molecule has 24 heavy (non-hydrogen) atoms. The SMILES string of the molecule is CC(=O)c1cccc(NC(=O)c2c(-c3ccccc3)noc2C)c1.